The normalized spacial score (nSPS) is 10.9. The van der Waals surface area contributed by atoms with E-state index in [-0.39, 0.29) is 5.91 Å². The van der Waals surface area contributed by atoms with Gasteiger partial charge in [0.05, 0.1) is 11.9 Å². The standard InChI is InChI=1S/C18H18N4OS/c1-21(2)15-7-5-14(6-8-15)13-19-20-18(23)17-16(9-12-24-17)22-10-3-4-11-22/h3-13H,1-2H3,(H,20,23). The lowest BCUT2D eigenvalue weighted by Gasteiger charge is -2.11. The molecule has 5 nitrogen and oxygen atoms in total. The summed E-state index contributed by atoms with van der Waals surface area (Å²) in [5.74, 6) is -0.213. The molecule has 122 valence electrons. The van der Waals surface area contributed by atoms with Crippen LogP contribution in [0.25, 0.3) is 5.69 Å². The van der Waals surface area contributed by atoms with Crippen molar-refractivity contribution in [2.75, 3.05) is 19.0 Å². The molecule has 0 unspecified atom stereocenters. The molecule has 0 aliphatic heterocycles. The Balaban J connectivity index is 1.67. The molecule has 1 N–H and O–H groups in total. The number of carbonyl (C=O) groups is 1. The molecular weight excluding hydrogens is 320 g/mol. The summed E-state index contributed by atoms with van der Waals surface area (Å²) < 4.78 is 1.91. The molecule has 0 saturated carbocycles. The van der Waals surface area contributed by atoms with Gasteiger partial charge in [-0.25, -0.2) is 5.43 Å². The van der Waals surface area contributed by atoms with Crippen LogP contribution in [0.5, 0.6) is 0 Å². The zero-order chi connectivity index (χ0) is 16.9. The number of hydrogen-bond donors (Lipinski definition) is 1. The van der Waals surface area contributed by atoms with Gasteiger partial charge in [0.2, 0.25) is 0 Å². The average molecular weight is 338 g/mol. The highest BCUT2D eigenvalue weighted by molar-refractivity contribution is 7.12. The highest BCUT2D eigenvalue weighted by atomic mass is 32.1. The number of benzene rings is 1. The molecule has 0 fully saturated rings. The Morgan fingerprint density at radius 1 is 1.17 bits per heavy atom. The summed E-state index contributed by atoms with van der Waals surface area (Å²) in [6.07, 6.45) is 5.46. The highest BCUT2D eigenvalue weighted by Gasteiger charge is 2.13. The fourth-order valence-corrected chi connectivity index (χ4v) is 3.03. The summed E-state index contributed by atoms with van der Waals surface area (Å²) in [5.41, 5.74) is 5.49. The minimum absolute atomic E-state index is 0.213. The van der Waals surface area contributed by atoms with Gasteiger partial charge in [-0.15, -0.1) is 11.3 Å². The van der Waals surface area contributed by atoms with Gasteiger partial charge < -0.3 is 9.47 Å². The number of aromatic nitrogens is 1. The van der Waals surface area contributed by atoms with E-state index < -0.39 is 0 Å². The molecule has 6 heteroatoms. The number of anilines is 1. The molecule has 2 aromatic heterocycles. The first-order chi connectivity index (χ1) is 11.6. The molecule has 2 heterocycles. The number of thiophene rings is 1. The molecule has 24 heavy (non-hydrogen) atoms. The topological polar surface area (TPSA) is 49.6 Å². The summed E-state index contributed by atoms with van der Waals surface area (Å²) in [7, 11) is 3.99. The molecule has 3 rings (SSSR count). The quantitative estimate of drug-likeness (QED) is 0.573. The first kappa shape index (κ1) is 16.0. The lowest BCUT2D eigenvalue weighted by Crippen LogP contribution is -2.17. The smallest absolute Gasteiger partial charge is 0.283 e. The maximum Gasteiger partial charge on any atom is 0.283 e. The van der Waals surface area contributed by atoms with Gasteiger partial charge in [-0.2, -0.15) is 5.10 Å². The second kappa shape index (κ2) is 7.14. The van der Waals surface area contributed by atoms with Crippen molar-refractivity contribution < 1.29 is 4.79 Å². The second-order valence-corrected chi connectivity index (χ2v) is 6.33. The molecule has 0 bridgehead atoms. The van der Waals surface area contributed by atoms with E-state index in [1.807, 2.05) is 83.8 Å². The minimum Gasteiger partial charge on any atom is -0.378 e. The number of hydrogen-bond acceptors (Lipinski definition) is 4. The van der Waals surface area contributed by atoms with Gasteiger partial charge in [-0.1, -0.05) is 12.1 Å². The van der Waals surface area contributed by atoms with Crippen molar-refractivity contribution in [3.8, 4) is 5.69 Å². The Morgan fingerprint density at radius 3 is 2.54 bits per heavy atom. The maximum atomic E-state index is 12.3. The molecule has 1 aromatic carbocycles. The fourth-order valence-electron chi connectivity index (χ4n) is 2.25. The molecule has 0 atom stereocenters. The van der Waals surface area contributed by atoms with Crippen LogP contribution in [0.1, 0.15) is 15.2 Å². The van der Waals surface area contributed by atoms with Crippen molar-refractivity contribution in [2.24, 2.45) is 5.10 Å². The highest BCUT2D eigenvalue weighted by Crippen LogP contribution is 2.21. The van der Waals surface area contributed by atoms with Crippen molar-refractivity contribution in [1.29, 1.82) is 0 Å². The number of rotatable bonds is 5. The van der Waals surface area contributed by atoms with Crippen LogP contribution in [0.15, 0.2) is 65.3 Å². The van der Waals surface area contributed by atoms with E-state index in [1.54, 1.807) is 6.21 Å². The van der Waals surface area contributed by atoms with Crippen molar-refractivity contribution >= 4 is 29.1 Å². The van der Waals surface area contributed by atoms with E-state index >= 15 is 0 Å². The third-order valence-electron chi connectivity index (χ3n) is 3.52. The zero-order valence-electron chi connectivity index (χ0n) is 13.5. The molecule has 0 radical (unpaired) electrons. The Morgan fingerprint density at radius 2 is 1.88 bits per heavy atom. The van der Waals surface area contributed by atoms with E-state index in [1.165, 1.54) is 11.3 Å². The van der Waals surface area contributed by atoms with Gasteiger partial charge in [0.25, 0.3) is 5.91 Å². The van der Waals surface area contributed by atoms with Crippen LogP contribution in [-0.4, -0.2) is 30.8 Å². The number of hydrazone groups is 1. The van der Waals surface area contributed by atoms with Gasteiger partial charge in [0.1, 0.15) is 4.88 Å². The van der Waals surface area contributed by atoms with Gasteiger partial charge in [-0.05, 0) is 41.3 Å². The fraction of sp³-hybridized carbons (Fsp3) is 0.111. The summed E-state index contributed by atoms with van der Waals surface area (Å²) >= 11 is 1.40. The van der Waals surface area contributed by atoms with E-state index in [0.29, 0.717) is 4.88 Å². The van der Waals surface area contributed by atoms with Crippen molar-refractivity contribution in [2.45, 2.75) is 0 Å². The van der Waals surface area contributed by atoms with Crippen molar-refractivity contribution in [1.82, 2.24) is 9.99 Å². The molecule has 3 aromatic rings. The molecule has 0 aliphatic carbocycles. The van der Waals surface area contributed by atoms with Gasteiger partial charge in [0, 0.05) is 32.2 Å². The minimum atomic E-state index is -0.213. The third-order valence-corrected chi connectivity index (χ3v) is 4.42. The third kappa shape index (κ3) is 3.55. The Kier molecular flexibility index (Phi) is 4.77. The molecule has 1 amide bonds. The predicted octanol–water partition coefficient (Wildman–Crippen LogP) is 3.37. The first-order valence-electron chi connectivity index (χ1n) is 7.47. The van der Waals surface area contributed by atoms with E-state index in [9.17, 15) is 4.79 Å². The van der Waals surface area contributed by atoms with Gasteiger partial charge >= 0.3 is 0 Å². The maximum absolute atomic E-state index is 12.3. The largest absolute Gasteiger partial charge is 0.378 e. The van der Waals surface area contributed by atoms with E-state index in [2.05, 4.69) is 10.5 Å². The summed E-state index contributed by atoms with van der Waals surface area (Å²) in [6.45, 7) is 0. The van der Waals surface area contributed by atoms with E-state index in [0.717, 1.165) is 16.9 Å². The second-order valence-electron chi connectivity index (χ2n) is 5.41. The van der Waals surface area contributed by atoms with Crippen molar-refractivity contribution in [3.63, 3.8) is 0 Å². The van der Waals surface area contributed by atoms with Crippen LogP contribution >= 0.6 is 11.3 Å². The first-order valence-corrected chi connectivity index (χ1v) is 8.35. The molecule has 0 spiro atoms. The van der Waals surface area contributed by atoms with E-state index in [4.69, 9.17) is 0 Å². The SMILES string of the molecule is CN(C)c1ccc(C=NNC(=O)c2sccc2-n2cccc2)cc1. The van der Waals surface area contributed by atoms with Crippen LogP contribution in [0.4, 0.5) is 5.69 Å². The van der Waals surface area contributed by atoms with Crippen LogP contribution in [0.3, 0.4) is 0 Å². The number of nitrogens with zero attached hydrogens (tertiary/aromatic N) is 3. The average Bonchev–Trinajstić information content (AvgIpc) is 3.26. The Labute approximate surface area is 144 Å². The summed E-state index contributed by atoms with van der Waals surface area (Å²) in [6, 6.07) is 13.7. The van der Waals surface area contributed by atoms with Gasteiger partial charge in [-0.3, -0.25) is 4.79 Å². The predicted molar refractivity (Wildman–Crippen MR) is 99.5 cm³/mol. The number of amides is 1. The van der Waals surface area contributed by atoms with Crippen LogP contribution in [-0.2, 0) is 0 Å². The molecular formula is C18H18N4OS. The number of nitrogens with one attached hydrogen (secondary N) is 1. The summed E-state index contributed by atoms with van der Waals surface area (Å²) in [4.78, 5) is 15.0. The zero-order valence-corrected chi connectivity index (χ0v) is 14.3. The lowest BCUT2D eigenvalue weighted by atomic mass is 10.2. The Hall–Kier alpha value is -2.86. The molecule has 0 saturated heterocycles. The Bertz CT molecular complexity index is 832. The number of carbonyl (C=O) groups excluding carboxylic acids is 1. The van der Waals surface area contributed by atoms with Crippen LogP contribution < -0.4 is 10.3 Å². The van der Waals surface area contributed by atoms with Gasteiger partial charge in [0.15, 0.2) is 0 Å². The molecule has 0 aliphatic rings. The summed E-state index contributed by atoms with van der Waals surface area (Å²) in [5, 5.41) is 5.95. The monoisotopic (exact) mass is 338 g/mol. The lowest BCUT2D eigenvalue weighted by molar-refractivity contribution is 0.0959. The van der Waals surface area contributed by atoms with Crippen molar-refractivity contribution in [3.05, 3.63) is 70.7 Å². The van der Waals surface area contributed by atoms with Crippen LogP contribution in [0, 0.1) is 0 Å². The van der Waals surface area contributed by atoms with Crippen LogP contribution in [0.2, 0.25) is 0 Å².